The van der Waals surface area contributed by atoms with Crippen molar-refractivity contribution < 1.29 is 12.8 Å². The minimum absolute atomic E-state index is 0.0935. The molecule has 0 radical (unpaired) electrons. The van der Waals surface area contributed by atoms with Crippen LogP contribution >= 0.6 is 15.9 Å². The van der Waals surface area contributed by atoms with Gasteiger partial charge in [-0.15, -0.1) is 0 Å². The van der Waals surface area contributed by atoms with E-state index in [4.69, 9.17) is 5.73 Å². The van der Waals surface area contributed by atoms with Crippen LogP contribution in [0.25, 0.3) is 0 Å². The van der Waals surface area contributed by atoms with E-state index in [-0.39, 0.29) is 12.2 Å². The van der Waals surface area contributed by atoms with Crippen molar-refractivity contribution in [2.45, 2.75) is 6.42 Å². The van der Waals surface area contributed by atoms with Crippen LogP contribution in [0.4, 0.5) is 10.1 Å². The van der Waals surface area contributed by atoms with Crippen LogP contribution < -0.4 is 10.5 Å². The molecule has 0 bridgehead atoms. The minimum atomic E-state index is -3.76. The lowest BCUT2D eigenvalue weighted by Crippen LogP contribution is -2.34. The molecular formula is C10H15BrFN3O2S. The highest BCUT2D eigenvalue weighted by Gasteiger charge is 2.18. The molecule has 0 aliphatic heterocycles. The van der Waals surface area contributed by atoms with Gasteiger partial charge in [0.25, 0.3) is 0 Å². The summed E-state index contributed by atoms with van der Waals surface area (Å²) in [4.78, 5) is 0. The largest absolute Gasteiger partial charge is 0.330 e. The summed E-state index contributed by atoms with van der Waals surface area (Å²) in [5, 5.41) is 0. The molecule has 0 fully saturated rings. The molecule has 102 valence electrons. The molecule has 0 saturated carbocycles. The van der Waals surface area contributed by atoms with E-state index in [1.165, 1.54) is 25.2 Å². The number of nitrogens with two attached hydrogens (primary N) is 1. The zero-order valence-corrected chi connectivity index (χ0v) is 12.3. The van der Waals surface area contributed by atoms with E-state index in [0.29, 0.717) is 17.4 Å². The molecule has 18 heavy (non-hydrogen) atoms. The van der Waals surface area contributed by atoms with Crippen molar-refractivity contribution >= 4 is 31.8 Å². The van der Waals surface area contributed by atoms with E-state index < -0.39 is 16.0 Å². The lowest BCUT2D eigenvalue weighted by molar-refractivity contribution is 0.468. The summed E-state index contributed by atoms with van der Waals surface area (Å²) in [7, 11) is -2.35. The fourth-order valence-electron chi connectivity index (χ4n) is 1.23. The number of hydrogen-bond acceptors (Lipinski definition) is 3. The van der Waals surface area contributed by atoms with Crippen LogP contribution in [0.1, 0.15) is 6.42 Å². The third-order valence-corrected chi connectivity index (χ3v) is 4.23. The summed E-state index contributed by atoms with van der Waals surface area (Å²) in [5.74, 6) is -0.631. The van der Waals surface area contributed by atoms with Crippen molar-refractivity contribution in [1.82, 2.24) is 4.31 Å². The summed E-state index contributed by atoms with van der Waals surface area (Å²) in [6, 6.07) is 4.04. The zero-order chi connectivity index (χ0) is 13.8. The third-order valence-electron chi connectivity index (χ3n) is 2.25. The van der Waals surface area contributed by atoms with Gasteiger partial charge in [-0.2, -0.15) is 12.7 Å². The quantitative estimate of drug-likeness (QED) is 0.825. The molecule has 0 atom stereocenters. The smallest absolute Gasteiger partial charge is 0.301 e. The van der Waals surface area contributed by atoms with Crippen molar-refractivity contribution in [3.05, 3.63) is 28.5 Å². The van der Waals surface area contributed by atoms with E-state index in [9.17, 15) is 12.8 Å². The van der Waals surface area contributed by atoms with Crippen LogP contribution in [0.15, 0.2) is 22.7 Å². The lowest BCUT2D eigenvalue weighted by Gasteiger charge is -2.18. The highest BCUT2D eigenvalue weighted by atomic mass is 79.9. The molecule has 1 aromatic carbocycles. The highest BCUT2D eigenvalue weighted by Crippen LogP contribution is 2.21. The summed E-state index contributed by atoms with van der Waals surface area (Å²) >= 11 is 3.15. The van der Waals surface area contributed by atoms with Gasteiger partial charge >= 0.3 is 10.2 Å². The zero-order valence-electron chi connectivity index (χ0n) is 9.86. The highest BCUT2D eigenvalue weighted by molar-refractivity contribution is 9.10. The number of nitrogens with zero attached hydrogens (tertiary/aromatic N) is 1. The van der Waals surface area contributed by atoms with Gasteiger partial charge in [-0.1, -0.05) is 15.9 Å². The van der Waals surface area contributed by atoms with Gasteiger partial charge in [0, 0.05) is 18.1 Å². The molecule has 0 aromatic heterocycles. The van der Waals surface area contributed by atoms with Crippen molar-refractivity contribution in [3.63, 3.8) is 0 Å². The Labute approximate surface area is 114 Å². The van der Waals surface area contributed by atoms with E-state index >= 15 is 0 Å². The number of nitrogens with one attached hydrogen (secondary N) is 1. The van der Waals surface area contributed by atoms with Crippen LogP contribution in [0, 0.1) is 5.82 Å². The first-order chi connectivity index (χ1) is 8.36. The Bertz CT molecular complexity index is 510. The van der Waals surface area contributed by atoms with E-state index in [1.807, 2.05) is 0 Å². The average molecular weight is 340 g/mol. The van der Waals surface area contributed by atoms with Gasteiger partial charge in [-0.3, -0.25) is 4.72 Å². The standard InChI is InChI=1S/C10H15BrFN3O2S/c1-15(6-2-5-13)18(16,17)14-10-7-8(11)3-4-9(10)12/h3-4,7,14H,2,5-6,13H2,1H3. The van der Waals surface area contributed by atoms with Gasteiger partial charge in [-0.05, 0) is 31.2 Å². The third kappa shape index (κ3) is 4.20. The maximum atomic E-state index is 13.4. The number of benzene rings is 1. The molecule has 3 N–H and O–H groups in total. The first kappa shape index (κ1) is 15.4. The molecular weight excluding hydrogens is 325 g/mol. The summed E-state index contributed by atoms with van der Waals surface area (Å²) in [5.41, 5.74) is 5.22. The van der Waals surface area contributed by atoms with Gasteiger partial charge in [0.05, 0.1) is 5.69 Å². The van der Waals surface area contributed by atoms with Gasteiger partial charge in [0.2, 0.25) is 0 Å². The molecule has 8 heteroatoms. The molecule has 5 nitrogen and oxygen atoms in total. The van der Waals surface area contributed by atoms with Crippen LogP contribution in [0.2, 0.25) is 0 Å². The Morgan fingerprint density at radius 2 is 2.17 bits per heavy atom. The van der Waals surface area contributed by atoms with Gasteiger partial charge < -0.3 is 5.73 Å². The van der Waals surface area contributed by atoms with Crippen molar-refractivity contribution in [1.29, 1.82) is 0 Å². The predicted octanol–water partition coefficient (Wildman–Crippen LogP) is 1.53. The fraction of sp³-hybridized carbons (Fsp3) is 0.400. The van der Waals surface area contributed by atoms with Crippen LogP contribution in [0.3, 0.4) is 0 Å². The maximum Gasteiger partial charge on any atom is 0.301 e. The van der Waals surface area contributed by atoms with Gasteiger partial charge in [0.1, 0.15) is 5.82 Å². The van der Waals surface area contributed by atoms with Crippen LogP contribution in [0.5, 0.6) is 0 Å². The Morgan fingerprint density at radius 3 is 2.78 bits per heavy atom. The van der Waals surface area contributed by atoms with E-state index in [2.05, 4.69) is 20.7 Å². The Morgan fingerprint density at radius 1 is 1.50 bits per heavy atom. The van der Waals surface area contributed by atoms with Gasteiger partial charge in [0.15, 0.2) is 0 Å². The maximum absolute atomic E-state index is 13.4. The topological polar surface area (TPSA) is 75.4 Å². The number of anilines is 1. The van der Waals surface area contributed by atoms with Gasteiger partial charge in [-0.25, -0.2) is 4.39 Å². The van der Waals surface area contributed by atoms with Crippen molar-refractivity contribution in [2.24, 2.45) is 5.73 Å². The first-order valence-corrected chi connectivity index (χ1v) is 7.49. The molecule has 0 aliphatic carbocycles. The van der Waals surface area contributed by atoms with Crippen LogP contribution in [-0.2, 0) is 10.2 Å². The Balaban J connectivity index is 2.85. The van der Waals surface area contributed by atoms with Crippen LogP contribution in [-0.4, -0.2) is 32.9 Å². The fourth-order valence-corrected chi connectivity index (χ4v) is 2.55. The van der Waals surface area contributed by atoms with Crippen molar-refractivity contribution in [2.75, 3.05) is 24.9 Å². The number of hydrogen-bond donors (Lipinski definition) is 2. The first-order valence-electron chi connectivity index (χ1n) is 5.26. The van der Waals surface area contributed by atoms with E-state index in [0.717, 1.165) is 4.31 Å². The Kier molecular flexibility index (Phi) is 5.51. The summed E-state index contributed by atoms with van der Waals surface area (Å²) in [6.45, 7) is 0.673. The second-order valence-corrected chi connectivity index (χ2v) is 6.39. The normalized spacial score (nSPS) is 11.8. The predicted molar refractivity (Wildman–Crippen MR) is 72.9 cm³/mol. The average Bonchev–Trinajstić information content (AvgIpc) is 2.30. The minimum Gasteiger partial charge on any atom is -0.330 e. The molecule has 0 aliphatic rings. The lowest BCUT2D eigenvalue weighted by atomic mass is 10.3. The SMILES string of the molecule is CN(CCCN)S(=O)(=O)Nc1cc(Br)ccc1F. The molecule has 0 heterocycles. The molecule has 0 amide bonds. The monoisotopic (exact) mass is 339 g/mol. The summed E-state index contributed by atoms with van der Waals surface area (Å²) < 4.78 is 41.0. The molecule has 1 rings (SSSR count). The number of rotatable bonds is 6. The number of halogens is 2. The second kappa shape index (κ2) is 6.46. The van der Waals surface area contributed by atoms with E-state index in [1.54, 1.807) is 0 Å². The summed E-state index contributed by atoms with van der Waals surface area (Å²) in [6.07, 6.45) is 0.540. The molecule has 0 spiro atoms. The second-order valence-electron chi connectivity index (χ2n) is 3.70. The Hall–Kier alpha value is -0.700. The molecule has 0 saturated heterocycles. The molecule has 1 aromatic rings. The van der Waals surface area contributed by atoms with Crippen molar-refractivity contribution in [3.8, 4) is 0 Å². The molecule has 0 unspecified atom stereocenters.